The summed E-state index contributed by atoms with van der Waals surface area (Å²) in [5.41, 5.74) is 0. The van der Waals surface area contributed by atoms with E-state index in [1.165, 1.54) is 13.3 Å². The van der Waals surface area contributed by atoms with E-state index < -0.39 is 0 Å². The van der Waals surface area contributed by atoms with Crippen molar-refractivity contribution < 1.29 is 9.53 Å². The molecule has 0 unspecified atom stereocenters. The second kappa shape index (κ2) is 4.06. The number of hydrogen-bond acceptors (Lipinski definition) is 3. The number of hydrogen-bond donors (Lipinski definition) is 1. The Morgan fingerprint density at radius 3 is 2.78 bits per heavy atom. The fraction of sp³-hybridized carbons (Fsp3) is 0.667. The molecule has 3 heteroatoms. The van der Waals surface area contributed by atoms with E-state index in [1.807, 2.05) is 0 Å². The molecule has 9 heavy (non-hydrogen) atoms. The van der Waals surface area contributed by atoms with Gasteiger partial charge in [-0.15, -0.1) is 0 Å². The summed E-state index contributed by atoms with van der Waals surface area (Å²) in [6.45, 7) is 1.73. The molecule has 0 aromatic carbocycles. The van der Waals surface area contributed by atoms with E-state index in [2.05, 4.69) is 4.74 Å². The molecule has 0 bridgehead atoms. The largest absolute Gasteiger partial charge is 0.469 e. The molecule has 0 aliphatic carbocycles. The molecule has 0 aliphatic rings. The molecule has 1 atom stereocenters. The lowest BCUT2D eigenvalue weighted by atomic mass is 10.1. The Balaban J connectivity index is 3.58. The Kier molecular flexibility index (Phi) is 3.67. The van der Waals surface area contributed by atoms with Gasteiger partial charge in [0, 0.05) is 0 Å². The van der Waals surface area contributed by atoms with E-state index >= 15 is 0 Å². The first-order valence-corrected chi connectivity index (χ1v) is 2.79. The van der Waals surface area contributed by atoms with Gasteiger partial charge in [-0.05, 0) is 12.6 Å². The topological polar surface area (TPSA) is 50.2 Å². The van der Waals surface area contributed by atoms with Crippen LogP contribution in [0.25, 0.3) is 0 Å². The van der Waals surface area contributed by atoms with Crippen molar-refractivity contribution in [3.8, 4) is 0 Å². The number of rotatable bonds is 3. The van der Waals surface area contributed by atoms with Gasteiger partial charge in [-0.2, -0.15) is 0 Å². The number of carbonyl (C=O) groups excluding carboxylic acids is 1. The van der Waals surface area contributed by atoms with Crippen molar-refractivity contribution in [1.29, 1.82) is 5.41 Å². The van der Waals surface area contributed by atoms with E-state index in [-0.39, 0.29) is 11.9 Å². The number of methoxy groups -OCH3 is 1. The van der Waals surface area contributed by atoms with Gasteiger partial charge in [0.05, 0.1) is 13.0 Å². The Labute approximate surface area is 54.5 Å². The highest BCUT2D eigenvalue weighted by atomic mass is 16.5. The summed E-state index contributed by atoms with van der Waals surface area (Å²) < 4.78 is 4.42. The van der Waals surface area contributed by atoms with Crippen LogP contribution in [0.15, 0.2) is 0 Å². The summed E-state index contributed by atoms with van der Waals surface area (Å²) in [5.74, 6) is -0.425. The first-order chi connectivity index (χ1) is 4.22. The van der Waals surface area contributed by atoms with Gasteiger partial charge in [-0.3, -0.25) is 4.79 Å². The van der Waals surface area contributed by atoms with E-state index in [9.17, 15) is 4.79 Å². The van der Waals surface area contributed by atoms with E-state index in [4.69, 9.17) is 5.41 Å². The highest BCUT2D eigenvalue weighted by molar-refractivity contribution is 5.75. The second-order valence-corrected chi connectivity index (χ2v) is 1.86. The second-order valence-electron chi connectivity index (χ2n) is 1.86. The van der Waals surface area contributed by atoms with E-state index in [0.29, 0.717) is 6.42 Å². The van der Waals surface area contributed by atoms with Gasteiger partial charge in [0.1, 0.15) is 0 Å². The van der Waals surface area contributed by atoms with Crippen molar-refractivity contribution in [2.24, 2.45) is 5.92 Å². The van der Waals surface area contributed by atoms with Crippen LogP contribution in [0.1, 0.15) is 13.3 Å². The molecule has 52 valence electrons. The summed E-state index contributed by atoms with van der Waals surface area (Å²) in [5, 5.41) is 6.67. The van der Waals surface area contributed by atoms with Crippen LogP contribution < -0.4 is 0 Å². The fourth-order valence-electron chi connectivity index (χ4n) is 0.474. The van der Waals surface area contributed by atoms with Gasteiger partial charge in [-0.25, -0.2) is 0 Å². The highest BCUT2D eigenvalue weighted by Gasteiger charge is 2.09. The van der Waals surface area contributed by atoms with Crippen LogP contribution in [0, 0.1) is 11.3 Å². The Hall–Kier alpha value is -0.860. The fourth-order valence-corrected chi connectivity index (χ4v) is 0.474. The van der Waals surface area contributed by atoms with Gasteiger partial charge < -0.3 is 10.1 Å². The Morgan fingerprint density at radius 2 is 2.44 bits per heavy atom. The number of nitrogens with one attached hydrogen (secondary N) is 1. The molecule has 3 nitrogen and oxygen atoms in total. The normalized spacial score (nSPS) is 12.2. The van der Waals surface area contributed by atoms with Crippen molar-refractivity contribution in [1.82, 2.24) is 0 Å². The van der Waals surface area contributed by atoms with Crippen molar-refractivity contribution in [2.75, 3.05) is 7.11 Å². The minimum atomic E-state index is -0.251. The zero-order valence-corrected chi connectivity index (χ0v) is 5.68. The Bertz CT molecular complexity index is 112. The SMILES string of the molecule is COC(=O)[C@@H](C)CC=N. The van der Waals surface area contributed by atoms with Crippen LogP contribution >= 0.6 is 0 Å². The summed E-state index contributed by atoms with van der Waals surface area (Å²) >= 11 is 0. The molecule has 0 aliphatic heterocycles. The molecule has 0 aromatic rings. The smallest absolute Gasteiger partial charge is 0.308 e. The predicted octanol–water partition coefficient (Wildman–Crippen LogP) is 0.835. The van der Waals surface area contributed by atoms with Crippen molar-refractivity contribution >= 4 is 12.2 Å². The molecule has 0 radical (unpaired) electrons. The maximum absolute atomic E-state index is 10.6. The number of carbonyl (C=O) groups is 1. The first kappa shape index (κ1) is 8.14. The molecule has 0 amide bonds. The maximum atomic E-state index is 10.6. The summed E-state index contributed by atoms with van der Waals surface area (Å²) in [6, 6.07) is 0. The van der Waals surface area contributed by atoms with Gasteiger partial charge in [-0.1, -0.05) is 6.92 Å². The van der Waals surface area contributed by atoms with Gasteiger partial charge in [0.2, 0.25) is 0 Å². The van der Waals surface area contributed by atoms with Crippen molar-refractivity contribution in [3.63, 3.8) is 0 Å². The monoisotopic (exact) mass is 129 g/mol. The lowest BCUT2D eigenvalue weighted by Gasteiger charge is -2.03. The number of ether oxygens (including phenoxy) is 1. The molecule has 0 aromatic heterocycles. The van der Waals surface area contributed by atoms with Crippen LogP contribution in [-0.4, -0.2) is 19.3 Å². The zero-order valence-electron chi connectivity index (χ0n) is 5.68. The predicted molar refractivity (Wildman–Crippen MR) is 34.6 cm³/mol. The first-order valence-electron chi connectivity index (χ1n) is 2.79. The average Bonchev–Trinajstić information content (AvgIpc) is 1.87. The van der Waals surface area contributed by atoms with E-state index in [1.54, 1.807) is 6.92 Å². The Morgan fingerprint density at radius 1 is 1.89 bits per heavy atom. The standard InChI is InChI=1S/C6H11NO2/c1-5(3-4-7)6(8)9-2/h4-5,7H,3H2,1-2H3/t5-/m0/s1. The van der Waals surface area contributed by atoms with Crippen LogP contribution in [0.3, 0.4) is 0 Å². The van der Waals surface area contributed by atoms with Crippen molar-refractivity contribution in [2.45, 2.75) is 13.3 Å². The molecule has 0 rings (SSSR count). The van der Waals surface area contributed by atoms with E-state index in [0.717, 1.165) is 0 Å². The molecule has 0 saturated carbocycles. The lowest BCUT2D eigenvalue weighted by molar-refractivity contribution is -0.144. The van der Waals surface area contributed by atoms with Gasteiger partial charge >= 0.3 is 5.97 Å². The summed E-state index contributed by atoms with van der Waals surface area (Å²) in [4.78, 5) is 10.6. The molecular formula is C6H11NO2. The lowest BCUT2D eigenvalue weighted by Crippen LogP contribution is -2.12. The molecule has 0 spiro atoms. The third kappa shape index (κ3) is 2.85. The summed E-state index contributed by atoms with van der Waals surface area (Å²) in [7, 11) is 1.35. The minimum Gasteiger partial charge on any atom is -0.469 e. The third-order valence-corrected chi connectivity index (χ3v) is 1.07. The third-order valence-electron chi connectivity index (χ3n) is 1.07. The highest BCUT2D eigenvalue weighted by Crippen LogP contribution is 1.99. The van der Waals surface area contributed by atoms with Crippen LogP contribution in [0.4, 0.5) is 0 Å². The maximum Gasteiger partial charge on any atom is 0.308 e. The number of esters is 1. The molecule has 1 N–H and O–H groups in total. The quantitative estimate of drug-likeness (QED) is 0.453. The van der Waals surface area contributed by atoms with Crippen LogP contribution in [0.2, 0.25) is 0 Å². The molecule has 0 heterocycles. The molecule has 0 saturated heterocycles. The summed E-state index contributed by atoms with van der Waals surface area (Å²) in [6.07, 6.45) is 1.67. The average molecular weight is 129 g/mol. The molecule has 0 fully saturated rings. The van der Waals surface area contributed by atoms with Crippen molar-refractivity contribution in [3.05, 3.63) is 0 Å². The van der Waals surface area contributed by atoms with Gasteiger partial charge in [0.15, 0.2) is 0 Å². The minimum absolute atomic E-state index is 0.174. The van der Waals surface area contributed by atoms with Gasteiger partial charge in [0.25, 0.3) is 0 Å². The van der Waals surface area contributed by atoms with Crippen LogP contribution in [0.5, 0.6) is 0 Å². The molecular weight excluding hydrogens is 118 g/mol. The van der Waals surface area contributed by atoms with Crippen LogP contribution in [-0.2, 0) is 9.53 Å². The zero-order chi connectivity index (χ0) is 7.28.